The molecule has 0 heterocycles. The maximum Gasteiger partial charge on any atom is 1.00 e. The fraction of sp³-hybridized carbons (Fsp3) is 0. The first-order chi connectivity index (χ1) is 3.73. The fourth-order valence-corrected chi connectivity index (χ4v) is 0. The van der Waals surface area contributed by atoms with Gasteiger partial charge in [-0.2, -0.15) is 8.42 Å². The molecule has 0 bridgehead atoms. The van der Waals surface area contributed by atoms with Crippen molar-refractivity contribution in [3.63, 3.8) is 0 Å². The predicted molar refractivity (Wildman–Crippen MR) is 24.5 cm³/mol. The molecular formula is H2BrNNa2O7S. The van der Waals surface area contributed by atoms with Gasteiger partial charge in [0, 0.05) is 0 Å². The van der Waals surface area contributed by atoms with Crippen molar-refractivity contribution < 1.29 is 98.7 Å². The van der Waals surface area contributed by atoms with E-state index in [0.717, 1.165) is 0 Å². The van der Waals surface area contributed by atoms with Crippen LogP contribution in [0, 0.1) is 15.3 Å². The minimum absolute atomic E-state index is 0. The summed E-state index contributed by atoms with van der Waals surface area (Å²) in [7, 11) is -4.67. The molecule has 12 heavy (non-hydrogen) atoms. The van der Waals surface area contributed by atoms with Crippen LogP contribution in [0.15, 0.2) is 0 Å². The number of nitrogens with zero attached hydrogens (tertiary/aromatic N) is 1. The van der Waals surface area contributed by atoms with E-state index >= 15 is 0 Å². The summed E-state index contributed by atoms with van der Waals surface area (Å²) in [6.07, 6.45) is 0. The molecule has 0 aromatic rings. The second-order valence-electron chi connectivity index (χ2n) is 0.671. The Hall–Kier alpha value is 1.55. The number of halogens is 1. The van der Waals surface area contributed by atoms with Crippen molar-refractivity contribution in [2.75, 3.05) is 0 Å². The van der Waals surface area contributed by atoms with E-state index in [-0.39, 0.29) is 76.1 Å². The fourth-order valence-electron chi connectivity index (χ4n) is 0. The van der Waals surface area contributed by atoms with E-state index in [1.54, 1.807) is 0 Å². The molecule has 0 aromatic carbocycles. The van der Waals surface area contributed by atoms with Crippen LogP contribution in [-0.2, 0) is 10.4 Å². The van der Waals surface area contributed by atoms with Crippen LogP contribution in [0.2, 0.25) is 0 Å². The Balaban J connectivity index is -0.0000000221. The molecule has 0 amide bonds. The largest absolute Gasteiger partial charge is 1.00 e. The van der Waals surface area contributed by atoms with Gasteiger partial charge in [-0.3, -0.25) is 9.11 Å². The molecular weight excluding hydrogens is 284 g/mol. The van der Waals surface area contributed by atoms with Gasteiger partial charge in [-0.15, -0.1) is 0 Å². The van der Waals surface area contributed by atoms with Gasteiger partial charge in [0.15, 0.2) is 0 Å². The van der Waals surface area contributed by atoms with Gasteiger partial charge in [0.2, 0.25) is 0 Å². The van der Waals surface area contributed by atoms with Crippen LogP contribution in [0.3, 0.4) is 0 Å². The van der Waals surface area contributed by atoms with E-state index in [0.29, 0.717) is 0 Å². The van der Waals surface area contributed by atoms with E-state index in [9.17, 15) is 0 Å². The van der Waals surface area contributed by atoms with Crippen molar-refractivity contribution in [2.24, 2.45) is 0 Å². The van der Waals surface area contributed by atoms with Crippen molar-refractivity contribution in [1.82, 2.24) is 0 Å². The van der Waals surface area contributed by atoms with Crippen molar-refractivity contribution in [3.8, 4) is 0 Å². The average molecular weight is 286 g/mol. The summed E-state index contributed by atoms with van der Waals surface area (Å²) in [6.45, 7) is 0. The van der Waals surface area contributed by atoms with E-state index < -0.39 is 15.5 Å². The zero-order valence-corrected chi connectivity index (χ0v) is 12.6. The first-order valence-corrected chi connectivity index (χ1v) is 2.64. The van der Waals surface area contributed by atoms with E-state index in [1.807, 2.05) is 0 Å². The molecule has 8 nitrogen and oxygen atoms in total. The summed E-state index contributed by atoms with van der Waals surface area (Å²) in [5.41, 5.74) is 0. The van der Waals surface area contributed by atoms with E-state index in [1.165, 1.54) is 0 Å². The molecule has 0 fully saturated rings. The maximum atomic E-state index is 8.74. The van der Waals surface area contributed by atoms with Gasteiger partial charge >= 0.3 is 69.5 Å². The van der Waals surface area contributed by atoms with Crippen molar-refractivity contribution in [3.05, 3.63) is 15.3 Å². The first-order valence-electron chi connectivity index (χ1n) is 1.25. The Bertz CT molecular complexity index is 164. The molecule has 0 aliphatic heterocycles. The second-order valence-corrected chi connectivity index (χ2v) is 1.57. The zero-order valence-electron chi connectivity index (χ0n) is 6.17. The molecule has 0 spiro atoms. The van der Waals surface area contributed by atoms with Gasteiger partial charge < -0.3 is 32.3 Å². The molecule has 12 heteroatoms. The molecule has 0 unspecified atom stereocenters. The molecule has 0 aliphatic rings. The summed E-state index contributed by atoms with van der Waals surface area (Å²) >= 11 is 0. The topological polar surface area (TPSA) is 141 Å². The Labute approximate surface area is 123 Å². The number of hydrogen-bond acceptors (Lipinski definition) is 5. The zero-order chi connectivity index (χ0) is 8.08. The van der Waals surface area contributed by atoms with Crippen molar-refractivity contribution >= 4 is 10.4 Å². The molecule has 0 radical (unpaired) electrons. The molecule has 0 atom stereocenters. The molecule has 2 N–H and O–H groups in total. The number of rotatable bonds is 0. The molecule has 0 rings (SSSR count). The average Bonchev–Trinajstić information content (AvgIpc) is 1.19. The summed E-state index contributed by atoms with van der Waals surface area (Å²) in [5.74, 6) is 0. The SMILES string of the molecule is O=S(=O)(O)O.O=[N+]([O-])[O-].[Br-].[Na+].[Na+]. The predicted octanol–water partition coefficient (Wildman–Crippen LogP) is -9.88. The Morgan fingerprint density at radius 2 is 1.08 bits per heavy atom. The second kappa shape index (κ2) is 15.0. The quantitative estimate of drug-likeness (QED) is 0.195. The summed E-state index contributed by atoms with van der Waals surface area (Å²) in [6, 6.07) is 0. The Morgan fingerprint density at radius 3 is 1.08 bits per heavy atom. The number of hydrogen-bond donors (Lipinski definition) is 2. The third-order valence-electron chi connectivity index (χ3n) is 0. The van der Waals surface area contributed by atoms with Crippen LogP contribution in [0.1, 0.15) is 0 Å². The van der Waals surface area contributed by atoms with Gasteiger partial charge in [-0.1, -0.05) is 0 Å². The van der Waals surface area contributed by atoms with Crippen LogP contribution >= 0.6 is 0 Å². The van der Waals surface area contributed by atoms with Crippen LogP contribution < -0.4 is 76.1 Å². The Kier molecular flexibility index (Phi) is 36.6. The molecule has 64 valence electrons. The molecule has 0 aliphatic carbocycles. The van der Waals surface area contributed by atoms with Gasteiger partial charge in [0.1, 0.15) is 0 Å². The van der Waals surface area contributed by atoms with Crippen LogP contribution in [0.5, 0.6) is 0 Å². The normalized spacial score (nSPS) is 6.83. The minimum atomic E-state index is -4.67. The van der Waals surface area contributed by atoms with Crippen LogP contribution in [0.25, 0.3) is 0 Å². The Morgan fingerprint density at radius 1 is 1.08 bits per heavy atom. The van der Waals surface area contributed by atoms with E-state index in [2.05, 4.69) is 0 Å². The smallest absolute Gasteiger partial charge is 1.00 e. The van der Waals surface area contributed by atoms with Gasteiger partial charge in [-0.05, 0) is 0 Å². The van der Waals surface area contributed by atoms with Gasteiger partial charge in [0.05, 0.1) is 5.09 Å². The van der Waals surface area contributed by atoms with Crippen molar-refractivity contribution in [1.29, 1.82) is 0 Å². The third-order valence-corrected chi connectivity index (χ3v) is 0. The van der Waals surface area contributed by atoms with Gasteiger partial charge in [-0.25, -0.2) is 0 Å². The minimum Gasteiger partial charge on any atom is -1.00 e. The van der Waals surface area contributed by atoms with Crippen molar-refractivity contribution in [2.45, 2.75) is 0 Å². The molecule has 0 saturated heterocycles. The maximum absolute atomic E-state index is 8.74. The van der Waals surface area contributed by atoms with Gasteiger partial charge in [0.25, 0.3) is 0 Å². The first kappa shape index (κ1) is 29.2. The molecule has 0 aromatic heterocycles. The summed E-state index contributed by atoms with van der Waals surface area (Å²) in [4.78, 5) is 8.25. The van der Waals surface area contributed by atoms with E-state index in [4.69, 9.17) is 32.8 Å². The third kappa shape index (κ3) is 535. The van der Waals surface area contributed by atoms with Crippen LogP contribution in [-0.4, -0.2) is 22.6 Å². The summed E-state index contributed by atoms with van der Waals surface area (Å²) in [5, 5.41) is 14.8. The summed E-state index contributed by atoms with van der Waals surface area (Å²) < 4.78 is 31.6. The monoisotopic (exact) mass is 285 g/mol. The molecule has 0 saturated carbocycles. The standard InChI is InChI=1S/BrH.NO3.2Na.H2O4S/c;2-1(3)4;;;1-5(2,3)4/h1H;;;;(H2,1,2,3,4)/q;-1;2*+1;/p-1. The van der Waals surface area contributed by atoms with Crippen LogP contribution in [0.4, 0.5) is 0 Å².